The van der Waals surface area contributed by atoms with E-state index < -0.39 is 22.0 Å². The third-order valence-electron chi connectivity index (χ3n) is 1.94. The maximum Gasteiger partial charge on any atom is 0.321 e. The lowest BCUT2D eigenvalue weighted by molar-refractivity contribution is -0.138. The van der Waals surface area contributed by atoms with E-state index in [1.807, 2.05) is 4.72 Å². The molecule has 1 heterocycles. The predicted octanol–water partition coefficient (Wildman–Crippen LogP) is -0.158. The average molecular weight is 260 g/mol. The number of methoxy groups -OCH3 is 1. The molecule has 0 bridgehead atoms. The van der Waals surface area contributed by atoms with E-state index in [2.05, 4.69) is 4.98 Å². The van der Waals surface area contributed by atoms with Gasteiger partial charge in [-0.15, -0.1) is 0 Å². The van der Waals surface area contributed by atoms with Crippen molar-refractivity contribution in [3.63, 3.8) is 0 Å². The molecule has 1 aromatic rings. The molecule has 94 valence electrons. The van der Waals surface area contributed by atoms with Gasteiger partial charge < -0.3 is 9.84 Å². The van der Waals surface area contributed by atoms with Gasteiger partial charge in [-0.1, -0.05) is 0 Å². The molecule has 0 aromatic carbocycles. The maximum atomic E-state index is 11.7. The van der Waals surface area contributed by atoms with Crippen LogP contribution in [-0.4, -0.2) is 37.6 Å². The van der Waals surface area contributed by atoms with Crippen molar-refractivity contribution in [1.82, 2.24) is 9.71 Å². The molecule has 1 unspecified atom stereocenters. The van der Waals surface area contributed by atoms with E-state index >= 15 is 0 Å². The SMILES string of the molecule is COc1cncc(S(=O)(=O)NC(C)C(=O)O)c1. The Morgan fingerprint density at radius 3 is 2.71 bits per heavy atom. The Kier molecular flexibility index (Phi) is 4.02. The van der Waals surface area contributed by atoms with Crippen LogP contribution in [0.3, 0.4) is 0 Å². The van der Waals surface area contributed by atoms with Gasteiger partial charge in [-0.2, -0.15) is 4.72 Å². The van der Waals surface area contributed by atoms with E-state index in [1.165, 1.54) is 26.3 Å². The molecule has 1 aromatic heterocycles. The smallest absolute Gasteiger partial charge is 0.321 e. The first-order chi connectivity index (χ1) is 7.86. The molecule has 8 heteroatoms. The number of pyridine rings is 1. The van der Waals surface area contributed by atoms with Crippen LogP contribution in [0.1, 0.15) is 6.92 Å². The molecular weight excluding hydrogens is 248 g/mol. The second kappa shape index (κ2) is 5.11. The summed E-state index contributed by atoms with van der Waals surface area (Å²) in [5, 5.41) is 8.63. The monoisotopic (exact) mass is 260 g/mol. The zero-order valence-corrected chi connectivity index (χ0v) is 10.1. The molecule has 7 nitrogen and oxygen atoms in total. The molecule has 1 rings (SSSR count). The van der Waals surface area contributed by atoms with Crippen LogP contribution < -0.4 is 9.46 Å². The maximum absolute atomic E-state index is 11.7. The molecule has 2 N–H and O–H groups in total. The molecule has 0 radical (unpaired) electrons. The van der Waals surface area contributed by atoms with Crippen LogP contribution >= 0.6 is 0 Å². The third kappa shape index (κ3) is 3.40. The first-order valence-electron chi connectivity index (χ1n) is 4.61. The molecule has 0 fully saturated rings. The number of ether oxygens (including phenoxy) is 1. The van der Waals surface area contributed by atoms with Crippen molar-refractivity contribution >= 4 is 16.0 Å². The Bertz CT molecular complexity index is 514. The Balaban J connectivity index is 3.01. The number of sulfonamides is 1. The standard InChI is InChI=1S/C9H12N2O5S/c1-6(9(12)13)11-17(14,15)8-3-7(16-2)4-10-5-8/h3-6,11H,1-2H3,(H,12,13). The van der Waals surface area contributed by atoms with Gasteiger partial charge in [-0.05, 0) is 6.92 Å². The summed E-state index contributed by atoms with van der Waals surface area (Å²) in [5.74, 6) is -0.986. The fourth-order valence-electron chi connectivity index (χ4n) is 1.01. The summed E-state index contributed by atoms with van der Waals surface area (Å²) in [6.07, 6.45) is 2.46. The van der Waals surface area contributed by atoms with E-state index in [9.17, 15) is 13.2 Å². The molecule has 0 aliphatic carbocycles. The summed E-state index contributed by atoms with van der Waals surface area (Å²) in [5.41, 5.74) is 0. The summed E-state index contributed by atoms with van der Waals surface area (Å²) in [4.78, 5) is 14.1. The van der Waals surface area contributed by atoms with Crippen molar-refractivity contribution in [3.8, 4) is 5.75 Å². The van der Waals surface area contributed by atoms with Crippen LogP contribution in [-0.2, 0) is 14.8 Å². The molecule has 0 aliphatic rings. The zero-order valence-electron chi connectivity index (χ0n) is 9.25. The fraction of sp³-hybridized carbons (Fsp3) is 0.333. The Morgan fingerprint density at radius 2 is 2.18 bits per heavy atom. The summed E-state index contributed by atoms with van der Waals surface area (Å²) in [6, 6.07) is 0.0374. The Hall–Kier alpha value is -1.67. The summed E-state index contributed by atoms with van der Waals surface area (Å²) >= 11 is 0. The molecular formula is C9H12N2O5S. The highest BCUT2D eigenvalue weighted by atomic mass is 32.2. The van der Waals surface area contributed by atoms with Gasteiger partial charge in [-0.25, -0.2) is 8.42 Å². The lowest BCUT2D eigenvalue weighted by Crippen LogP contribution is -2.38. The lowest BCUT2D eigenvalue weighted by Gasteiger charge is -2.10. The highest BCUT2D eigenvalue weighted by Gasteiger charge is 2.22. The van der Waals surface area contributed by atoms with Gasteiger partial charge in [0.25, 0.3) is 0 Å². The number of carboxylic acids is 1. The minimum absolute atomic E-state index is 0.148. The van der Waals surface area contributed by atoms with Crippen LogP contribution in [0.5, 0.6) is 5.75 Å². The fourth-order valence-corrected chi connectivity index (χ4v) is 2.18. The number of nitrogens with zero attached hydrogens (tertiary/aromatic N) is 1. The number of aliphatic carboxylic acids is 1. The Morgan fingerprint density at radius 1 is 1.53 bits per heavy atom. The van der Waals surface area contributed by atoms with Gasteiger partial charge >= 0.3 is 5.97 Å². The van der Waals surface area contributed by atoms with Crippen LogP contribution in [0.4, 0.5) is 0 Å². The van der Waals surface area contributed by atoms with Crippen molar-refractivity contribution in [2.45, 2.75) is 17.9 Å². The predicted molar refractivity (Wildman–Crippen MR) is 58.2 cm³/mol. The average Bonchev–Trinajstić information content (AvgIpc) is 2.28. The van der Waals surface area contributed by atoms with Crippen molar-refractivity contribution in [2.75, 3.05) is 7.11 Å². The molecule has 0 saturated heterocycles. The third-order valence-corrected chi connectivity index (χ3v) is 3.44. The normalized spacial score (nSPS) is 13.1. The summed E-state index contributed by atoms with van der Waals surface area (Å²) < 4.78 is 30.3. The Labute approximate surface area is 98.5 Å². The number of carboxylic acid groups (broad SMARTS) is 1. The molecule has 1 atom stereocenters. The summed E-state index contributed by atoms with van der Waals surface area (Å²) in [6.45, 7) is 1.23. The van der Waals surface area contributed by atoms with Gasteiger partial charge in [0.2, 0.25) is 10.0 Å². The first kappa shape index (κ1) is 13.4. The minimum atomic E-state index is -3.91. The molecule has 0 aliphatic heterocycles. The van der Waals surface area contributed by atoms with Gasteiger partial charge in [0.15, 0.2) is 0 Å². The topological polar surface area (TPSA) is 106 Å². The highest BCUT2D eigenvalue weighted by molar-refractivity contribution is 7.89. The lowest BCUT2D eigenvalue weighted by atomic mass is 10.4. The first-order valence-corrected chi connectivity index (χ1v) is 6.09. The van der Waals surface area contributed by atoms with Gasteiger partial charge in [-0.3, -0.25) is 9.78 Å². The van der Waals surface area contributed by atoms with Crippen molar-refractivity contribution < 1.29 is 23.1 Å². The van der Waals surface area contributed by atoms with Crippen LogP contribution in [0, 0.1) is 0 Å². The summed E-state index contributed by atoms with van der Waals surface area (Å²) in [7, 11) is -2.53. The molecule has 0 saturated carbocycles. The van der Waals surface area contributed by atoms with E-state index in [0.29, 0.717) is 0 Å². The quantitative estimate of drug-likeness (QED) is 0.762. The van der Waals surface area contributed by atoms with Crippen LogP contribution in [0.15, 0.2) is 23.4 Å². The minimum Gasteiger partial charge on any atom is -0.495 e. The number of hydrogen-bond donors (Lipinski definition) is 2. The number of nitrogens with one attached hydrogen (secondary N) is 1. The molecule has 0 spiro atoms. The largest absolute Gasteiger partial charge is 0.495 e. The number of carbonyl (C=O) groups is 1. The highest BCUT2D eigenvalue weighted by Crippen LogP contribution is 2.15. The van der Waals surface area contributed by atoms with Crippen LogP contribution in [0.2, 0.25) is 0 Å². The van der Waals surface area contributed by atoms with E-state index in [0.717, 1.165) is 6.20 Å². The number of rotatable bonds is 5. The van der Waals surface area contributed by atoms with Gasteiger partial charge in [0.05, 0.1) is 13.3 Å². The van der Waals surface area contributed by atoms with Crippen LogP contribution in [0.25, 0.3) is 0 Å². The number of hydrogen-bond acceptors (Lipinski definition) is 5. The van der Waals surface area contributed by atoms with Gasteiger partial charge in [0.1, 0.15) is 16.7 Å². The van der Waals surface area contributed by atoms with Crippen molar-refractivity contribution in [2.24, 2.45) is 0 Å². The van der Waals surface area contributed by atoms with E-state index in [1.54, 1.807) is 0 Å². The van der Waals surface area contributed by atoms with Crippen molar-refractivity contribution in [3.05, 3.63) is 18.5 Å². The molecule has 17 heavy (non-hydrogen) atoms. The van der Waals surface area contributed by atoms with Crippen molar-refractivity contribution in [1.29, 1.82) is 0 Å². The van der Waals surface area contributed by atoms with Gasteiger partial charge in [0, 0.05) is 12.3 Å². The second-order valence-corrected chi connectivity index (χ2v) is 4.96. The zero-order chi connectivity index (χ0) is 13.1. The number of aromatic nitrogens is 1. The molecule has 0 amide bonds. The van der Waals surface area contributed by atoms with E-state index in [4.69, 9.17) is 9.84 Å². The van der Waals surface area contributed by atoms with E-state index in [-0.39, 0.29) is 10.6 Å². The second-order valence-electron chi connectivity index (χ2n) is 3.24.